The molecular formula is C15H15F2NO. The van der Waals surface area contributed by atoms with Crippen molar-refractivity contribution in [1.29, 1.82) is 0 Å². The Bertz CT molecular complexity index is 672. The van der Waals surface area contributed by atoms with Crippen LogP contribution in [0.3, 0.4) is 0 Å². The second-order valence-electron chi connectivity index (χ2n) is 5.24. The molecule has 1 aliphatic carbocycles. The van der Waals surface area contributed by atoms with Gasteiger partial charge in [0.25, 0.3) is 5.56 Å². The highest BCUT2D eigenvalue weighted by Crippen LogP contribution is 2.31. The van der Waals surface area contributed by atoms with Gasteiger partial charge in [0, 0.05) is 17.0 Å². The lowest BCUT2D eigenvalue weighted by molar-refractivity contribution is 0.441. The maximum atomic E-state index is 13.3. The maximum absolute atomic E-state index is 13.3. The Morgan fingerprint density at radius 2 is 1.68 bits per heavy atom. The molecule has 0 aliphatic heterocycles. The average Bonchev–Trinajstić information content (AvgIpc) is 2.41. The molecule has 1 aliphatic rings. The van der Waals surface area contributed by atoms with Crippen LogP contribution >= 0.6 is 0 Å². The van der Waals surface area contributed by atoms with Crippen LogP contribution in [0.1, 0.15) is 43.6 Å². The standard InChI is InChI=1S/C15H15F2NO/c16-12-7-10-6-11(9-4-2-1-3-5-9)15(19)18-14(10)8-13(12)17/h6-9H,1-5H2,(H,18,19). The van der Waals surface area contributed by atoms with E-state index < -0.39 is 11.6 Å². The van der Waals surface area contributed by atoms with Gasteiger partial charge in [-0.05, 0) is 30.9 Å². The molecule has 1 aromatic carbocycles. The zero-order chi connectivity index (χ0) is 13.4. The van der Waals surface area contributed by atoms with Crippen molar-refractivity contribution in [1.82, 2.24) is 4.98 Å². The number of pyridine rings is 1. The number of halogens is 2. The molecule has 0 spiro atoms. The van der Waals surface area contributed by atoms with Gasteiger partial charge in [0.2, 0.25) is 0 Å². The lowest BCUT2D eigenvalue weighted by atomic mass is 9.84. The van der Waals surface area contributed by atoms with Crippen molar-refractivity contribution in [3.05, 3.63) is 45.8 Å². The Balaban J connectivity index is 2.12. The topological polar surface area (TPSA) is 32.9 Å². The summed E-state index contributed by atoms with van der Waals surface area (Å²) in [6.07, 6.45) is 5.46. The van der Waals surface area contributed by atoms with Crippen LogP contribution in [0.2, 0.25) is 0 Å². The van der Waals surface area contributed by atoms with E-state index in [1.165, 1.54) is 6.42 Å². The van der Waals surface area contributed by atoms with Crippen LogP contribution in [0.5, 0.6) is 0 Å². The van der Waals surface area contributed by atoms with Crippen molar-refractivity contribution in [2.24, 2.45) is 0 Å². The first kappa shape index (κ1) is 12.3. The van der Waals surface area contributed by atoms with E-state index in [2.05, 4.69) is 4.98 Å². The van der Waals surface area contributed by atoms with Gasteiger partial charge in [0.05, 0.1) is 5.52 Å². The number of aromatic amines is 1. The Morgan fingerprint density at radius 3 is 2.42 bits per heavy atom. The summed E-state index contributed by atoms with van der Waals surface area (Å²) in [5.41, 5.74) is 0.882. The molecule has 2 aromatic rings. The normalized spacial score (nSPS) is 16.9. The van der Waals surface area contributed by atoms with E-state index in [1.54, 1.807) is 6.07 Å². The molecular weight excluding hydrogens is 248 g/mol. The Labute approximate surface area is 109 Å². The number of benzene rings is 1. The quantitative estimate of drug-likeness (QED) is 0.832. The van der Waals surface area contributed by atoms with Crippen molar-refractivity contribution in [3.63, 3.8) is 0 Å². The molecule has 0 radical (unpaired) electrons. The minimum Gasteiger partial charge on any atom is -0.322 e. The van der Waals surface area contributed by atoms with E-state index in [0.29, 0.717) is 16.5 Å². The van der Waals surface area contributed by atoms with Gasteiger partial charge in [-0.25, -0.2) is 8.78 Å². The third kappa shape index (κ3) is 2.27. The van der Waals surface area contributed by atoms with Gasteiger partial charge in [0.15, 0.2) is 11.6 Å². The molecule has 0 saturated heterocycles. The summed E-state index contributed by atoms with van der Waals surface area (Å²) in [6, 6.07) is 3.90. The summed E-state index contributed by atoms with van der Waals surface area (Å²) in [4.78, 5) is 14.7. The molecule has 2 nitrogen and oxygen atoms in total. The monoisotopic (exact) mass is 263 g/mol. The second kappa shape index (κ2) is 4.76. The lowest BCUT2D eigenvalue weighted by Crippen LogP contribution is -2.18. The van der Waals surface area contributed by atoms with Crippen molar-refractivity contribution in [3.8, 4) is 0 Å². The minimum absolute atomic E-state index is 0.176. The molecule has 1 saturated carbocycles. The fraction of sp³-hybridized carbons (Fsp3) is 0.400. The SMILES string of the molecule is O=c1[nH]c2cc(F)c(F)cc2cc1C1CCCCC1. The summed E-state index contributed by atoms with van der Waals surface area (Å²) >= 11 is 0. The smallest absolute Gasteiger partial charge is 0.251 e. The number of rotatable bonds is 1. The maximum Gasteiger partial charge on any atom is 0.251 e. The van der Waals surface area contributed by atoms with Crippen molar-refractivity contribution in [2.45, 2.75) is 38.0 Å². The predicted octanol–water partition coefficient (Wildman–Crippen LogP) is 3.85. The molecule has 1 fully saturated rings. The first-order valence-electron chi connectivity index (χ1n) is 6.67. The van der Waals surface area contributed by atoms with Crippen LogP contribution in [-0.4, -0.2) is 4.98 Å². The fourth-order valence-electron chi connectivity index (χ4n) is 2.93. The molecule has 4 heteroatoms. The number of hydrogen-bond donors (Lipinski definition) is 1. The van der Waals surface area contributed by atoms with Crippen LogP contribution in [0.4, 0.5) is 8.78 Å². The minimum atomic E-state index is -0.937. The van der Waals surface area contributed by atoms with E-state index >= 15 is 0 Å². The first-order valence-corrected chi connectivity index (χ1v) is 6.67. The average molecular weight is 263 g/mol. The molecule has 100 valence electrons. The van der Waals surface area contributed by atoms with E-state index in [4.69, 9.17) is 0 Å². The zero-order valence-corrected chi connectivity index (χ0v) is 10.5. The highest BCUT2D eigenvalue weighted by molar-refractivity contribution is 5.79. The highest BCUT2D eigenvalue weighted by Gasteiger charge is 2.19. The van der Waals surface area contributed by atoms with Crippen molar-refractivity contribution < 1.29 is 8.78 Å². The zero-order valence-electron chi connectivity index (χ0n) is 10.5. The molecule has 3 rings (SSSR count). The molecule has 1 N–H and O–H groups in total. The molecule has 0 bridgehead atoms. The van der Waals surface area contributed by atoms with Crippen LogP contribution < -0.4 is 5.56 Å². The van der Waals surface area contributed by atoms with Crippen LogP contribution in [0, 0.1) is 11.6 Å². The number of nitrogens with one attached hydrogen (secondary N) is 1. The van der Waals surface area contributed by atoms with Gasteiger partial charge in [-0.1, -0.05) is 19.3 Å². The van der Waals surface area contributed by atoms with Gasteiger partial charge in [-0.15, -0.1) is 0 Å². The van der Waals surface area contributed by atoms with Gasteiger partial charge in [-0.2, -0.15) is 0 Å². The largest absolute Gasteiger partial charge is 0.322 e. The molecule has 0 atom stereocenters. The Kier molecular flexibility index (Phi) is 3.09. The summed E-state index contributed by atoms with van der Waals surface area (Å²) in [5.74, 6) is -1.57. The van der Waals surface area contributed by atoms with Crippen molar-refractivity contribution in [2.75, 3.05) is 0 Å². The third-order valence-corrected chi connectivity index (χ3v) is 3.96. The molecule has 0 unspecified atom stereocenters. The van der Waals surface area contributed by atoms with E-state index in [-0.39, 0.29) is 11.5 Å². The number of H-pyrrole nitrogens is 1. The lowest BCUT2D eigenvalue weighted by Gasteiger charge is -2.21. The molecule has 0 amide bonds. The molecule has 1 heterocycles. The summed E-state index contributed by atoms with van der Waals surface area (Å²) in [5, 5.41) is 0.555. The van der Waals surface area contributed by atoms with Crippen LogP contribution in [0.25, 0.3) is 10.9 Å². The Hall–Kier alpha value is -1.71. The van der Waals surface area contributed by atoms with E-state index in [1.807, 2.05) is 0 Å². The fourth-order valence-corrected chi connectivity index (χ4v) is 2.93. The number of aromatic nitrogens is 1. The highest BCUT2D eigenvalue weighted by atomic mass is 19.2. The van der Waals surface area contributed by atoms with Gasteiger partial charge in [0.1, 0.15) is 0 Å². The summed E-state index contributed by atoms with van der Waals surface area (Å²) in [6.45, 7) is 0. The Morgan fingerprint density at radius 1 is 1.00 bits per heavy atom. The third-order valence-electron chi connectivity index (χ3n) is 3.96. The first-order chi connectivity index (χ1) is 9.15. The summed E-state index contributed by atoms with van der Waals surface area (Å²) < 4.78 is 26.4. The van der Waals surface area contributed by atoms with Gasteiger partial charge < -0.3 is 4.98 Å². The second-order valence-corrected chi connectivity index (χ2v) is 5.24. The van der Waals surface area contributed by atoms with Crippen LogP contribution in [0.15, 0.2) is 23.0 Å². The summed E-state index contributed by atoms with van der Waals surface area (Å²) in [7, 11) is 0. The van der Waals surface area contributed by atoms with Crippen LogP contribution in [-0.2, 0) is 0 Å². The van der Waals surface area contributed by atoms with E-state index in [0.717, 1.165) is 37.8 Å². The van der Waals surface area contributed by atoms with Gasteiger partial charge >= 0.3 is 0 Å². The van der Waals surface area contributed by atoms with E-state index in [9.17, 15) is 13.6 Å². The molecule has 1 aromatic heterocycles. The number of fused-ring (bicyclic) bond motifs is 1. The predicted molar refractivity (Wildman–Crippen MR) is 70.3 cm³/mol. The van der Waals surface area contributed by atoms with Gasteiger partial charge in [-0.3, -0.25) is 4.79 Å². The van der Waals surface area contributed by atoms with Crippen molar-refractivity contribution >= 4 is 10.9 Å². The molecule has 19 heavy (non-hydrogen) atoms. The number of hydrogen-bond acceptors (Lipinski definition) is 1.